The molecule has 0 bridgehead atoms. The number of nitrogens with one attached hydrogen (secondary N) is 1. The van der Waals surface area contributed by atoms with Gasteiger partial charge in [0.1, 0.15) is 0 Å². The van der Waals surface area contributed by atoms with Crippen LogP contribution >= 0.6 is 0 Å². The Labute approximate surface area is 101 Å². The van der Waals surface area contributed by atoms with Crippen LogP contribution in [0, 0.1) is 17.8 Å². The molecule has 16 heavy (non-hydrogen) atoms. The van der Waals surface area contributed by atoms with Crippen LogP contribution in [0.15, 0.2) is 0 Å². The molecular formula is C14H29NO. The molecule has 0 radical (unpaired) electrons. The second-order valence-corrected chi connectivity index (χ2v) is 5.34. The van der Waals surface area contributed by atoms with Crippen molar-refractivity contribution in [3.63, 3.8) is 0 Å². The van der Waals surface area contributed by atoms with Gasteiger partial charge in [0.25, 0.3) is 0 Å². The standard InChI is InChI=1S/C14H29NO/c1-4-16-9-5-6-13-10-12(2)7-8-14(13)11-15-3/h12-15H,4-11H2,1-3H3. The first kappa shape index (κ1) is 14.0. The third kappa shape index (κ3) is 4.84. The van der Waals surface area contributed by atoms with E-state index in [0.717, 1.165) is 31.0 Å². The van der Waals surface area contributed by atoms with E-state index >= 15 is 0 Å². The fourth-order valence-corrected chi connectivity index (χ4v) is 3.04. The molecule has 0 spiro atoms. The van der Waals surface area contributed by atoms with Gasteiger partial charge in [-0.1, -0.05) is 13.3 Å². The highest BCUT2D eigenvalue weighted by molar-refractivity contribution is 4.79. The smallest absolute Gasteiger partial charge is 0.0465 e. The summed E-state index contributed by atoms with van der Waals surface area (Å²) in [6.07, 6.45) is 6.87. The van der Waals surface area contributed by atoms with Crippen molar-refractivity contribution in [2.75, 3.05) is 26.8 Å². The summed E-state index contributed by atoms with van der Waals surface area (Å²) in [5.41, 5.74) is 0. The minimum absolute atomic E-state index is 0.862. The minimum Gasteiger partial charge on any atom is -0.382 e. The van der Waals surface area contributed by atoms with Crippen LogP contribution in [0.1, 0.15) is 46.0 Å². The van der Waals surface area contributed by atoms with Crippen molar-refractivity contribution in [1.29, 1.82) is 0 Å². The Morgan fingerprint density at radius 1 is 1.25 bits per heavy atom. The van der Waals surface area contributed by atoms with E-state index in [9.17, 15) is 0 Å². The van der Waals surface area contributed by atoms with Gasteiger partial charge >= 0.3 is 0 Å². The van der Waals surface area contributed by atoms with Gasteiger partial charge in [-0.15, -0.1) is 0 Å². The second-order valence-electron chi connectivity index (χ2n) is 5.34. The van der Waals surface area contributed by atoms with Crippen LogP contribution in [0.2, 0.25) is 0 Å². The fourth-order valence-electron chi connectivity index (χ4n) is 3.04. The summed E-state index contributed by atoms with van der Waals surface area (Å²) in [4.78, 5) is 0. The average Bonchev–Trinajstić information content (AvgIpc) is 2.28. The van der Waals surface area contributed by atoms with Crippen molar-refractivity contribution >= 4 is 0 Å². The molecule has 3 unspecified atom stereocenters. The number of rotatable bonds is 7. The molecule has 0 heterocycles. The summed E-state index contributed by atoms with van der Waals surface area (Å²) >= 11 is 0. The molecule has 0 saturated heterocycles. The molecule has 1 aliphatic carbocycles. The van der Waals surface area contributed by atoms with Crippen molar-refractivity contribution in [3.8, 4) is 0 Å². The second kappa shape index (κ2) is 8.08. The van der Waals surface area contributed by atoms with Gasteiger partial charge in [0, 0.05) is 13.2 Å². The predicted molar refractivity (Wildman–Crippen MR) is 69.6 cm³/mol. The minimum atomic E-state index is 0.862. The van der Waals surface area contributed by atoms with Crippen LogP contribution in [-0.2, 0) is 4.74 Å². The van der Waals surface area contributed by atoms with E-state index in [1.165, 1.54) is 38.6 Å². The molecule has 0 aromatic carbocycles. The van der Waals surface area contributed by atoms with E-state index < -0.39 is 0 Å². The molecule has 0 aliphatic heterocycles. The molecule has 0 aromatic rings. The maximum atomic E-state index is 5.43. The molecular weight excluding hydrogens is 198 g/mol. The molecule has 1 saturated carbocycles. The zero-order valence-corrected chi connectivity index (χ0v) is 11.3. The van der Waals surface area contributed by atoms with Gasteiger partial charge in [0.15, 0.2) is 0 Å². The highest BCUT2D eigenvalue weighted by Crippen LogP contribution is 2.36. The topological polar surface area (TPSA) is 21.3 Å². The van der Waals surface area contributed by atoms with E-state index in [4.69, 9.17) is 4.74 Å². The monoisotopic (exact) mass is 227 g/mol. The van der Waals surface area contributed by atoms with Crippen molar-refractivity contribution in [2.24, 2.45) is 17.8 Å². The van der Waals surface area contributed by atoms with Gasteiger partial charge in [-0.2, -0.15) is 0 Å². The molecule has 1 rings (SSSR count). The Hall–Kier alpha value is -0.0800. The maximum Gasteiger partial charge on any atom is 0.0465 e. The Balaban J connectivity index is 2.26. The van der Waals surface area contributed by atoms with Gasteiger partial charge in [0.2, 0.25) is 0 Å². The Kier molecular flexibility index (Phi) is 7.06. The molecule has 0 amide bonds. The highest BCUT2D eigenvalue weighted by atomic mass is 16.5. The van der Waals surface area contributed by atoms with Gasteiger partial charge in [-0.3, -0.25) is 0 Å². The quantitative estimate of drug-likeness (QED) is 0.675. The third-order valence-corrected chi connectivity index (χ3v) is 3.94. The third-order valence-electron chi connectivity index (χ3n) is 3.94. The van der Waals surface area contributed by atoms with Gasteiger partial charge in [-0.25, -0.2) is 0 Å². The lowest BCUT2D eigenvalue weighted by Gasteiger charge is -2.35. The van der Waals surface area contributed by atoms with E-state index in [1.807, 2.05) is 0 Å². The van der Waals surface area contributed by atoms with Crippen LogP contribution in [0.3, 0.4) is 0 Å². The van der Waals surface area contributed by atoms with Gasteiger partial charge in [-0.05, 0) is 64.0 Å². The molecule has 1 N–H and O–H groups in total. The summed E-state index contributed by atoms with van der Waals surface area (Å²) in [7, 11) is 2.08. The average molecular weight is 227 g/mol. The lowest BCUT2D eigenvalue weighted by molar-refractivity contribution is 0.121. The summed E-state index contributed by atoms with van der Waals surface area (Å²) in [6, 6.07) is 0. The summed E-state index contributed by atoms with van der Waals surface area (Å²) in [6.45, 7) is 7.50. The van der Waals surface area contributed by atoms with Crippen LogP contribution in [0.4, 0.5) is 0 Å². The van der Waals surface area contributed by atoms with E-state index in [2.05, 4.69) is 26.2 Å². The van der Waals surface area contributed by atoms with E-state index in [1.54, 1.807) is 0 Å². The number of ether oxygens (including phenoxy) is 1. The highest BCUT2D eigenvalue weighted by Gasteiger charge is 2.27. The summed E-state index contributed by atoms with van der Waals surface area (Å²) in [5.74, 6) is 2.77. The summed E-state index contributed by atoms with van der Waals surface area (Å²) < 4.78 is 5.43. The largest absolute Gasteiger partial charge is 0.382 e. The molecule has 1 fully saturated rings. The van der Waals surface area contributed by atoms with Crippen LogP contribution in [-0.4, -0.2) is 26.8 Å². The molecule has 2 heteroatoms. The molecule has 0 aromatic heterocycles. The number of hydrogen-bond donors (Lipinski definition) is 1. The zero-order valence-electron chi connectivity index (χ0n) is 11.3. The van der Waals surface area contributed by atoms with E-state index in [0.29, 0.717) is 0 Å². The Morgan fingerprint density at radius 3 is 2.75 bits per heavy atom. The summed E-state index contributed by atoms with van der Waals surface area (Å²) in [5, 5.41) is 3.35. The first-order chi connectivity index (χ1) is 7.77. The van der Waals surface area contributed by atoms with Crippen molar-refractivity contribution < 1.29 is 4.74 Å². The normalized spacial score (nSPS) is 30.6. The van der Waals surface area contributed by atoms with Crippen LogP contribution in [0.5, 0.6) is 0 Å². The van der Waals surface area contributed by atoms with Gasteiger partial charge in [0.05, 0.1) is 0 Å². The first-order valence-electron chi connectivity index (χ1n) is 7.00. The maximum absolute atomic E-state index is 5.43. The SMILES string of the molecule is CCOCCCC1CC(C)CCC1CNC. The van der Waals surface area contributed by atoms with Crippen LogP contribution < -0.4 is 5.32 Å². The Morgan fingerprint density at radius 2 is 2.06 bits per heavy atom. The molecule has 96 valence electrons. The molecule has 2 nitrogen and oxygen atoms in total. The molecule has 3 atom stereocenters. The lowest BCUT2D eigenvalue weighted by atomic mass is 9.73. The van der Waals surface area contributed by atoms with E-state index in [-0.39, 0.29) is 0 Å². The number of hydrogen-bond acceptors (Lipinski definition) is 2. The Bertz CT molecular complexity index is 172. The van der Waals surface area contributed by atoms with Crippen LogP contribution in [0.25, 0.3) is 0 Å². The van der Waals surface area contributed by atoms with Crippen molar-refractivity contribution in [2.45, 2.75) is 46.0 Å². The van der Waals surface area contributed by atoms with Gasteiger partial charge < -0.3 is 10.1 Å². The van der Waals surface area contributed by atoms with Crippen molar-refractivity contribution in [1.82, 2.24) is 5.32 Å². The fraction of sp³-hybridized carbons (Fsp3) is 1.00. The van der Waals surface area contributed by atoms with Crippen molar-refractivity contribution in [3.05, 3.63) is 0 Å². The zero-order chi connectivity index (χ0) is 11.8. The lowest BCUT2D eigenvalue weighted by Crippen LogP contribution is -2.31. The first-order valence-corrected chi connectivity index (χ1v) is 7.00. The molecule has 1 aliphatic rings. The predicted octanol–water partition coefficient (Wildman–Crippen LogP) is 3.07.